The Labute approximate surface area is 172 Å². The molecule has 2 aromatic carbocycles. The first-order valence-corrected chi connectivity index (χ1v) is 10.5. The molecule has 6 nitrogen and oxygen atoms in total. The lowest BCUT2D eigenvalue weighted by Crippen LogP contribution is -3.11. The molecule has 0 aliphatic carbocycles. The van der Waals surface area contributed by atoms with Gasteiger partial charge in [-0.15, -0.1) is 0 Å². The van der Waals surface area contributed by atoms with E-state index in [4.69, 9.17) is 10.1 Å². The van der Waals surface area contributed by atoms with Crippen molar-refractivity contribution in [3.8, 4) is 5.75 Å². The largest absolute Gasteiger partial charge is 0.491 e. The number of nitrogens with one attached hydrogen (secondary N) is 2. The number of hydrogen-bond acceptors (Lipinski definition) is 3. The van der Waals surface area contributed by atoms with E-state index < -0.39 is 6.10 Å². The summed E-state index contributed by atoms with van der Waals surface area (Å²) in [4.78, 5) is 1.51. The van der Waals surface area contributed by atoms with E-state index in [9.17, 15) is 5.11 Å². The third-order valence-corrected chi connectivity index (χ3v) is 5.49. The zero-order valence-corrected chi connectivity index (χ0v) is 17.7. The molecule has 1 atom stereocenters. The molecule has 6 heteroatoms. The van der Waals surface area contributed by atoms with Crippen molar-refractivity contribution in [2.45, 2.75) is 40.0 Å². The number of aromatic nitrogens is 2. The van der Waals surface area contributed by atoms with E-state index in [0.717, 1.165) is 48.5 Å². The Hall–Kier alpha value is -2.57. The summed E-state index contributed by atoms with van der Waals surface area (Å²) in [6, 6.07) is 15.9. The van der Waals surface area contributed by atoms with Gasteiger partial charge in [-0.1, -0.05) is 24.3 Å². The highest BCUT2D eigenvalue weighted by atomic mass is 16.5. The monoisotopic (exact) mass is 397 g/mol. The van der Waals surface area contributed by atoms with E-state index in [1.165, 1.54) is 4.90 Å². The second kappa shape index (κ2) is 9.76. The number of aliphatic hydroxyl groups is 1. The van der Waals surface area contributed by atoms with Crippen LogP contribution in [0.15, 0.2) is 48.5 Å². The van der Waals surface area contributed by atoms with E-state index in [-0.39, 0.29) is 6.61 Å². The van der Waals surface area contributed by atoms with Gasteiger partial charge in [0.2, 0.25) is 5.62 Å². The standard InChI is InChI=1S/C23H32N4O2/c1-4-25(5-2)13-14-26-21-11-6-7-12-22(21)27(23(26)24)16-19(28)17-29-20-10-8-9-18(3)15-20/h6-12,15,19,24,28H,4-5,13-14,16-17H2,1-3H3/p+1/t19-/m0/s1. The molecular weight excluding hydrogens is 364 g/mol. The fraction of sp³-hybridized carbons (Fsp3) is 0.435. The number of hydrogen-bond donors (Lipinski definition) is 3. The lowest BCUT2D eigenvalue weighted by molar-refractivity contribution is -0.897. The maximum Gasteiger partial charge on any atom is 0.203 e. The van der Waals surface area contributed by atoms with Gasteiger partial charge in [0.1, 0.15) is 18.5 Å². The summed E-state index contributed by atoms with van der Waals surface area (Å²) in [5.41, 5.74) is 3.56. The van der Waals surface area contributed by atoms with Crippen LogP contribution in [0.1, 0.15) is 19.4 Å². The highest BCUT2D eigenvalue weighted by Gasteiger charge is 2.15. The van der Waals surface area contributed by atoms with Crippen molar-refractivity contribution in [1.29, 1.82) is 5.41 Å². The van der Waals surface area contributed by atoms with Crippen molar-refractivity contribution < 1.29 is 14.7 Å². The van der Waals surface area contributed by atoms with Gasteiger partial charge in [-0.25, -0.2) is 0 Å². The third-order valence-electron chi connectivity index (χ3n) is 5.49. The summed E-state index contributed by atoms with van der Waals surface area (Å²) in [5.74, 6) is 0.754. The average molecular weight is 398 g/mol. The first kappa shape index (κ1) is 21.1. The van der Waals surface area contributed by atoms with Gasteiger partial charge in [0.15, 0.2) is 0 Å². The number of para-hydroxylation sites is 2. The van der Waals surface area contributed by atoms with Crippen molar-refractivity contribution in [2.75, 3.05) is 26.2 Å². The van der Waals surface area contributed by atoms with Crippen molar-refractivity contribution in [3.05, 3.63) is 59.7 Å². The predicted molar refractivity (Wildman–Crippen MR) is 115 cm³/mol. The van der Waals surface area contributed by atoms with Crippen molar-refractivity contribution in [2.24, 2.45) is 0 Å². The highest BCUT2D eigenvalue weighted by molar-refractivity contribution is 5.75. The molecule has 0 aliphatic rings. The lowest BCUT2D eigenvalue weighted by atomic mass is 10.2. The van der Waals surface area contributed by atoms with Gasteiger partial charge < -0.3 is 23.9 Å². The minimum atomic E-state index is -0.697. The van der Waals surface area contributed by atoms with Crippen LogP contribution in [-0.2, 0) is 13.1 Å². The van der Waals surface area contributed by atoms with Gasteiger partial charge in [-0.3, -0.25) is 5.41 Å². The number of quaternary nitrogens is 1. The topological polar surface area (TPSA) is 67.6 Å². The molecule has 0 fully saturated rings. The molecule has 0 radical (unpaired) electrons. The molecule has 3 aromatic rings. The minimum Gasteiger partial charge on any atom is -0.491 e. The minimum absolute atomic E-state index is 0.193. The fourth-order valence-electron chi connectivity index (χ4n) is 3.74. The maximum absolute atomic E-state index is 10.6. The smallest absolute Gasteiger partial charge is 0.203 e. The quantitative estimate of drug-likeness (QED) is 0.486. The van der Waals surface area contributed by atoms with E-state index in [2.05, 4.69) is 24.5 Å². The van der Waals surface area contributed by atoms with Crippen LogP contribution in [0.2, 0.25) is 0 Å². The molecule has 3 N–H and O–H groups in total. The molecule has 29 heavy (non-hydrogen) atoms. The van der Waals surface area contributed by atoms with E-state index >= 15 is 0 Å². The zero-order valence-electron chi connectivity index (χ0n) is 17.7. The average Bonchev–Trinajstić information content (AvgIpc) is 2.99. The first-order chi connectivity index (χ1) is 14.0. The Morgan fingerprint density at radius 3 is 2.38 bits per heavy atom. The Bertz CT molecular complexity index is 988. The Balaban J connectivity index is 1.76. The van der Waals surface area contributed by atoms with Gasteiger partial charge in [0.05, 0.1) is 43.8 Å². The highest BCUT2D eigenvalue weighted by Crippen LogP contribution is 2.15. The molecule has 0 aliphatic heterocycles. The number of aryl methyl sites for hydroxylation is 1. The number of imidazole rings is 1. The van der Waals surface area contributed by atoms with Crippen LogP contribution in [-0.4, -0.2) is 46.6 Å². The normalized spacial score (nSPS) is 12.6. The Morgan fingerprint density at radius 1 is 1.03 bits per heavy atom. The van der Waals surface area contributed by atoms with E-state index in [0.29, 0.717) is 12.2 Å². The van der Waals surface area contributed by atoms with Gasteiger partial charge in [0.25, 0.3) is 0 Å². The van der Waals surface area contributed by atoms with E-state index in [1.807, 2.05) is 54.0 Å². The number of likely N-dealkylation sites (N-methyl/N-ethyl adjacent to an activating group) is 1. The predicted octanol–water partition coefficient (Wildman–Crippen LogP) is 1.60. The van der Waals surface area contributed by atoms with Gasteiger partial charge in [0, 0.05) is 0 Å². The summed E-state index contributed by atoms with van der Waals surface area (Å²) in [7, 11) is 0. The Morgan fingerprint density at radius 2 is 1.72 bits per heavy atom. The number of nitrogens with zero attached hydrogens (tertiary/aromatic N) is 2. The number of fused-ring (bicyclic) bond motifs is 1. The molecule has 1 aromatic heterocycles. The number of rotatable bonds is 10. The summed E-state index contributed by atoms with van der Waals surface area (Å²) in [5, 5.41) is 19.3. The molecule has 0 amide bonds. The molecule has 1 heterocycles. The van der Waals surface area contributed by atoms with Crippen LogP contribution < -0.4 is 15.3 Å². The molecule has 0 saturated carbocycles. The third kappa shape index (κ3) is 5.08. The second-order valence-corrected chi connectivity index (χ2v) is 7.56. The summed E-state index contributed by atoms with van der Waals surface area (Å²) < 4.78 is 9.69. The first-order valence-electron chi connectivity index (χ1n) is 10.5. The van der Waals surface area contributed by atoms with Gasteiger partial charge >= 0.3 is 0 Å². The summed E-state index contributed by atoms with van der Waals surface area (Å²) >= 11 is 0. The van der Waals surface area contributed by atoms with Gasteiger partial charge in [-0.2, -0.15) is 0 Å². The summed E-state index contributed by atoms with van der Waals surface area (Å²) in [6.45, 7) is 10.9. The molecule has 3 rings (SSSR count). The van der Waals surface area contributed by atoms with Crippen LogP contribution in [0.25, 0.3) is 11.0 Å². The van der Waals surface area contributed by atoms with Crippen LogP contribution in [0, 0.1) is 12.3 Å². The molecule has 0 unspecified atom stereocenters. The van der Waals surface area contributed by atoms with Crippen LogP contribution in [0.3, 0.4) is 0 Å². The van der Waals surface area contributed by atoms with Crippen LogP contribution in [0.4, 0.5) is 0 Å². The van der Waals surface area contributed by atoms with Crippen LogP contribution >= 0.6 is 0 Å². The fourth-order valence-corrected chi connectivity index (χ4v) is 3.74. The van der Waals surface area contributed by atoms with Crippen LogP contribution in [0.5, 0.6) is 5.75 Å². The molecular formula is C23H33N4O2+. The van der Waals surface area contributed by atoms with E-state index in [1.54, 1.807) is 0 Å². The molecule has 156 valence electrons. The SMILES string of the molecule is CC[NH+](CC)CCn1c(=N)n(C[C@H](O)COc2cccc(C)c2)c2ccccc21. The molecule has 0 bridgehead atoms. The number of ether oxygens (including phenoxy) is 1. The van der Waals surface area contributed by atoms with Gasteiger partial charge in [-0.05, 0) is 50.6 Å². The zero-order chi connectivity index (χ0) is 20.8. The maximum atomic E-state index is 10.6. The van der Waals surface area contributed by atoms with Crippen molar-refractivity contribution >= 4 is 11.0 Å². The second-order valence-electron chi connectivity index (χ2n) is 7.56. The summed E-state index contributed by atoms with van der Waals surface area (Å²) in [6.07, 6.45) is -0.697. The number of aliphatic hydroxyl groups excluding tert-OH is 1. The Kier molecular flexibility index (Phi) is 7.12. The molecule has 0 spiro atoms. The van der Waals surface area contributed by atoms with Crippen molar-refractivity contribution in [1.82, 2.24) is 9.13 Å². The number of benzene rings is 2. The van der Waals surface area contributed by atoms with Crippen molar-refractivity contribution in [3.63, 3.8) is 0 Å². The lowest BCUT2D eigenvalue weighted by Gasteiger charge is -2.16. The molecule has 0 saturated heterocycles.